The highest BCUT2D eigenvalue weighted by atomic mass is 32.2. The second kappa shape index (κ2) is 10.4. The third kappa shape index (κ3) is 5.84. The molecule has 174 valence electrons. The van der Waals surface area contributed by atoms with E-state index in [9.17, 15) is 13.2 Å². The predicted molar refractivity (Wildman–Crippen MR) is 123 cm³/mol. The monoisotopic (exact) mass is 451 g/mol. The van der Waals surface area contributed by atoms with Gasteiger partial charge < -0.3 is 9.80 Å². The number of nitrogens with zero attached hydrogens (tertiary/aromatic N) is 5. The van der Waals surface area contributed by atoms with Crippen LogP contribution in [0.5, 0.6) is 0 Å². The number of likely N-dealkylation sites (N-methyl/N-ethyl adjacent to an activating group) is 1. The SMILES string of the molecule is CCN(Cc1ccc(C(=O)N2CCN(S(=O)(=O)N3CCN(C)CC3)CC2)cc1)C(C)C. The van der Waals surface area contributed by atoms with Gasteiger partial charge in [0.05, 0.1) is 0 Å². The summed E-state index contributed by atoms with van der Waals surface area (Å²) in [5.41, 5.74) is 1.85. The van der Waals surface area contributed by atoms with Crippen molar-refractivity contribution in [1.29, 1.82) is 0 Å². The van der Waals surface area contributed by atoms with E-state index < -0.39 is 10.2 Å². The summed E-state index contributed by atoms with van der Waals surface area (Å²) in [7, 11) is -1.45. The third-order valence-corrected chi connectivity index (χ3v) is 8.40. The Morgan fingerprint density at radius 3 is 1.94 bits per heavy atom. The quantitative estimate of drug-likeness (QED) is 0.623. The summed E-state index contributed by atoms with van der Waals surface area (Å²) in [5, 5.41) is 0. The Morgan fingerprint density at radius 2 is 1.45 bits per heavy atom. The predicted octanol–water partition coefficient (Wildman–Crippen LogP) is 1.17. The van der Waals surface area contributed by atoms with E-state index in [1.54, 1.807) is 9.21 Å². The third-order valence-electron chi connectivity index (χ3n) is 6.36. The molecule has 0 N–H and O–H groups in total. The van der Waals surface area contributed by atoms with E-state index in [1.807, 2.05) is 31.3 Å². The first kappa shape index (κ1) is 24.1. The van der Waals surface area contributed by atoms with Crippen LogP contribution in [0, 0.1) is 0 Å². The molecule has 31 heavy (non-hydrogen) atoms. The molecule has 0 aromatic heterocycles. The van der Waals surface area contributed by atoms with Gasteiger partial charge in [-0.2, -0.15) is 17.0 Å². The maximum Gasteiger partial charge on any atom is 0.282 e. The molecule has 2 fully saturated rings. The van der Waals surface area contributed by atoms with Gasteiger partial charge in [-0.15, -0.1) is 0 Å². The minimum atomic E-state index is -3.45. The zero-order chi connectivity index (χ0) is 22.6. The van der Waals surface area contributed by atoms with Crippen LogP contribution in [-0.4, -0.2) is 110 Å². The largest absolute Gasteiger partial charge is 0.336 e. The van der Waals surface area contributed by atoms with Crippen molar-refractivity contribution in [2.45, 2.75) is 33.4 Å². The lowest BCUT2D eigenvalue weighted by atomic mass is 10.1. The molecule has 9 heteroatoms. The number of benzene rings is 1. The summed E-state index contributed by atoms with van der Waals surface area (Å²) in [6, 6.07) is 8.29. The number of piperazine rings is 2. The van der Waals surface area contributed by atoms with Crippen molar-refractivity contribution in [3.63, 3.8) is 0 Å². The van der Waals surface area contributed by atoms with Gasteiger partial charge in [-0.3, -0.25) is 9.69 Å². The molecule has 0 atom stereocenters. The molecule has 0 saturated carbocycles. The highest BCUT2D eigenvalue weighted by Crippen LogP contribution is 2.17. The second-order valence-corrected chi connectivity index (χ2v) is 10.7. The van der Waals surface area contributed by atoms with Crippen LogP contribution in [0.1, 0.15) is 36.7 Å². The molecule has 0 aliphatic carbocycles. The minimum absolute atomic E-state index is 0.0283. The van der Waals surface area contributed by atoms with Crippen molar-refractivity contribution in [2.75, 3.05) is 66.0 Å². The molecule has 2 saturated heterocycles. The van der Waals surface area contributed by atoms with Gasteiger partial charge in [0, 0.05) is 70.5 Å². The second-order valence-electron chi connectivity index (χ2n) is 8.76. The average molecular weight is 452 g/mol. The van der Waals surface area contributed by atoms with Gasteiger partial charge in [-0.25, -0.2) is 0 Å². The summed E-state index contributed by atoms with van der Waals surface area (Å²) < 4.78 is 28.9. The number of carbonyl (C=O) groups is 1. The lowest BCUT2D eigenvalue weighted by Crippen LogP contribution is -2.57. The van der Waals surface area contributed by atoms with Crippen molar-refractivity contribution in [1.82, 2.24) is 23.3 Å². The van der Waals surface area contributed by atoms with Crippen LogP contribution in [0.4, 0.5) is 0 Å². The minimum Gasteiger partial charge on any atom is -0.336 e. The highest BCUT2D eigenvalue weighted by molar-refractivity contribution is 7.86. The van der Waals surface area contributed by atoms with E-state index in [4.69, 9.17) is 0 Å². The van der Waals surface area contributed by atoms with Crippen LogP contribution >= 0.6 is 0 Å². The Labute approximate surface area is 187 Å². The molecule has 2 aliphatic rings. The normalized spacial score (nSPS) is 20.0. The topological polar surface area (TPSA) is 67.4 Å². The number of amides is 1. The van der Waals surface area contributed by atoms with Crippen LogP contribution in [0.15, 0.2) is 24.3 Å². The van der Waals surface area contributed by atoms with Crippen molar-refractivity contribution >= 4 is 16.1 Å². The Balaban J connectivity index is 1.55. The first-order valence-electron chi connectivity index (χ1n) is 11.3. The molecule has 8 nitrogen and oxygen atoms in total. The average Bonchev–Trinajstić information content (AvgIpc) is 2.77. The first-order chi connectivity index (χ1) is 14.7. The molecular weight excluding hydrogens is 414 g/mol. The van der Waals surface area contributed by atoms with Crippen LogP contribution in [0.3, 0.4) is 0 Å². The van der Waals surface area contributed by atoms with Crippen LogP contribution in [0.25, 0.3) is 0 Å². The fourth-order valence-corrected chi connectivity index (χ4v) is 5.71. The number of hydrogen-bond acceptors (Lipinski definition) is 5. The summed E-state index contributed by atoms with van der Waals surface area (Å²) in [6.45, 7) is 12.5. The van der Waals surface area contributed by atoms with E-state index in [1.165, 1.54) is 9.87 Å². The summed E-state index contributed by atoms with van der Waals surface area (Å²) >= 11 is 0. The van der Waals surface area contributed by atoms with Crippen molar-refractivity contribution in [2.24, 2.45) is 0 Å². The smallest absolute Gasteiger partial charge is 0.282 e. The molecular formula is C22H37N5O3S. The van der Waals surface area contributed by atoms with Crippen molar-refractivity contribution < 1.29 is 13.2 Å². The van der Waals surface area contributed by atoms with Gasteiger partial charge in [-0.1, -0.05) is 19.1 Å². The standard InChI is InChI=1S/C22H37N5O3S/c1-5-24(19(2)3)18-20-6-8-21(9-7-20)22(28)25-12-16-27(17-13-25)31(29,30)26-14-10-23(4)11-15-26/h6-9,19H,5,10-18H2,1-4H3. The van der Waals surface area contributed by atoms with Gasteiger partial charge in [0.2, 0.25) is 0 Å². The molecule has 0 bridgehead atoms. The number of rotatable bonds is 7. The van der Waals surface area contributed by atoms with Crippen LogP contribution < -0.4 is 0 Å². The first-order valence-corrected chi connectivity index (χ1v) is 12.7. The van der Waals surface area contributed by atoms with Gasteiger partial charge in [0.1, 0.15) is 0 Å². The maximum atomic E-state index is 12.9. The number of hydrogen-bond donors (Lipinski definition) is 0. The molecule has 2 heterocycles. The maximum absolute atomic E-state index is 12.9. The molecule has 0 unspecified atom stereocenters. The lowest BCUT2D eigenvalue weighted by Gasteiger charge is -2.39. The van der Waals surface area contributed by atoms with E-state index in [2.05, 4.69) is 30.6 Å². The van der Waals surface area contributed by atoms with Gasteiger partial charge in [-0.05, 0) is 45.1 Å². The molecule has 2 aliphatic heterocycles. The highest BCUT2D eigenvalue weighted by Gasteiger charge is 2.34. The molecule has 1 aromatic rings. The van der Waals surface area contributed by atoms with Crippen LogP contribution in [-0.2, 0) is 16.8 Å². The lowest BCUT2D eigenvalue weighted by molar-refractivity contribution is 0.0692. The zero-order valence-electron chi connectivity index (χ0n) is 19.3. The van der Waals surface area contributed by atoms with Crippen molar-refractivity contribution in [3.8, 4) is 0 Å². The zero-order valence-corrected chi connectivity index (χ0v) is 20.1. The summed E-state index contributed by atoms with van der Waals surface area (Å²) in [4.78, 5) is 19.2. The van der Waals surface area contributed by atoms with E-state index in [0.29, 0.717) is 50.9 Å². The van der Waals surface area contributed by atoms with Crippen LogP contribution in [0.2, 0.25) is 0 Å². The molecule has 0 radical (unpaired) electrons. The van der Waals surface area contributed by atoms with Gasteiger partial charge in [0.15, 0.2) is 0 Å². The summed E-state index contributed by atoms with van der Waals surface area (Å²) in [5.74, 6) is -0.0283. The fraction of sp³-hybridized carbons (Fsp3) is 0.682. The van der Waals surface area contributed by atoms with Gasteiger partial charge >= 0.3 is 0 Å². The molecule has 1 aromatic carbocycles. The molecule has 1 amide bonds. The Bertz CT molecular complexity index is 827. The Morgan fingerprint density at radius 1 is 0.935 bits per heavy atom. The summed E-state index contributed by atoms with van der Waals surface area (Å²) in [6.07, 6.45) is 0. The van der Waals surface area contributed by atoms with E-state index in [-0.39, 0.29) is 5.91 Å². The fourth-order valence-electron chi connectivity index (χ4n) is 4.13. The molecule has 3 rings (SSSR count). The Kier molecular flexibility index (Phi) is 8.09. The Hall–Kier alpha value is -1.52. The van der Waals surface area contributed by atoms with Gasteiger partial charge in [0.25, 0.3) is 16.1 Å². The molecule has 0 spiro atoms. The van der Waals surface area contributed by atoms with E-state index >= 15 is 0 Å². The van der Waals surface area contributed by atoms with Crippen molar-refractivity contribution in [3.05, 3.63) is 35.4 Å². The van der Waals surface area contributed by atoms with E-state index in [0.717, 1.165) is 26.2 Å². The number of carbonyl (C=O) groups excluding carboxylic acids is 1.